The third-order valence-electron chi connectivity index (χ3n) is 3.67. The molecule has 0 saturated carbocycles. The molecule has 0 spiro atoms. The quantitative estimate of drug-likeness (QED) is 0.588. The van der Waals surface area contributed by atoms with E-state index in [9.17, 15) is 4.79 Å². The number of rotatable bonds is 7. The number of nitrogens with zero attached hydrogens (tertiary/aromatic N) is 4. The molecule has 3 aromatic heterocycles. The van der Waals surface area contributed by atoms with Gasteiger partial charge < -0.3 is 20.5 Å². The summed E-state index contributed by atoms with van der Waals surface area (Å²) in [5.41, 5.74) is 7.08. The van der Waals surface area contributed by atoms with Gasteiger partial charge in [-0.05, 0) is 19.1 Å². The number of ether oxygens (including phenoxy) is 2. The van der Waals surface area contributed by atoms with E-state index in [0.717, 1.165) is 0 Å². The summed E-state index contributed by atoms with van der Waals surface area (Å²) >= 11 is 5.86. The molecule has 1 radical (unpaired) electrons. The zero-order chi connectivity index (χ0) is 19.4. The largest absolute Gasteiger partial charge is 0.493 e. The Morgan fingerprint density at radius 2 is 2.26 bits per heavy atom. The van der Waals surface area contributed by atoms with Crippen LogP contribution < -0.4 is 15.8 Å². The van der Waals surface area contributed by atoms with Crippen LogP contribution in [0.5, 0.6) is 5.75 Å². The first kappa shape index (κ1) is 18.9. The molecule has 0 aliphatic carbocycles. The fourth-order valence-electron chi connectivity index (χ4n) is 2.39. The zero-order valence-corrected chi connectivity index (χ0v) is 15.5. The lowest BCUT2D eigenvalue weighted by molar-refractivity contribution is 0.0814. The third kappa shape index (κ3) is 4.44. The van der Waals surface area contributed by atoms with Gasteiger partial charge in [0, 0.05) is 12.1 Å². The van der Waals surface area contributed by atoms with Crippen LogP contribution in [0.4, 0.5) is 5.82 Å². The minimum absolute atomic E-state index is 0.236. The molecule has 1 atom stereocenters. The number of hydrogen-bond donors (Lipinski definition) is 2. The molecule has 9 nitrogen and oxygen atoms in total. The summed E-state index contributed by atoms with van der Waals surface area (Å²) in [4.78, 5) is 20.7. The highest BCUT2D eigenvalue weighted by Gasteiger charge is 2.16. The van der Waals surface area contributed by atoms with Crippen LogP contribution >= 0.6 is 11.6 Å². The Bertz CT molecular complexity index is 961. The van der Waals surface area contributed by atoms with E-state index in [0.29, 0.717) is 35.1 Å². The summed E-state index contributed by atoms with van der Waals surface area (Å²) in [5.74, 6) is 0.492. The monoisotopic (exact) mass is 389 g/mol. The second kappa shape index (κ2) is 8.19. The van der Waals surface area contributed by atoms with Crippen molar-refractivity contribution in [3.8, 4) is 5.75 Å². The van der Waals surface area contributed by atoms with E-state index < -0.39 is 0 Å². The first-order valence-electron chi connectivity index (χ1n) is 8.08. The predicted molar refractivity (Wildman–Crippen MR) is 98.6 cm³/mol. The van der Waals surface area contributed by atoms with Gasteiger partial charge in [0.15, 0.2) is 17.2 Å². The maximum atomic E-state index is 12.4. The Labute approximate surface area is 160 Å². The van der Waals surface area contributed by atoms with Gasteiger partial charge in [0.05, 0.1) is 38.4 Å². The summed E-state index contributed by atoms with van der Waals surface area (Å²) in [7, 11) is 1.53. The Balaban J connectivity index is 1.54. The number of anilines is 1. The normalized spacial score (nSPS) is 12.1. The molecule has 27 heavy (non-hydrogen) atoms. The number of nitrogens with one attached hydrogen (secondary N) is 1. The van der Waals surface area contributed by atoms with Crippen LogP contribution in [-0.4, -0.2) is 45.2 Å². The highest BCUT2D eigenvalue weighted by molar-refractivity contribution is 6.29. The second-order valence-corrected chi connectivity index (χ2v) is 6.17. The molecule has 0 unspecified atom stereocenters. The van der Waals surface area contributed by atoms with Gasteiger partial charge >= 0.3 is 0 Å². The van der Waals surface area contributed by atoms with E-state index in [1.54, 1.807) is 12.1 Å². The fraction of sp³-hybridized carbons (Fsp3) is 0.294. The van der Waals surface area contributed by atoms with Crippen LogP contribution in [0, 0.1) is 6.20 Å². The lowest BCUT2D eigenvalue weighted by Gasteiger charge is -2.14. The van der Waals surface area contributed by atoms with E-state index in [-0.39, 0.29) is 23.7 Å². The minimum atomic E-state index is -0.323. The molecule has 0 aliphatic heterocycles. The van der Waals surface area contributed by atoms with E-state index >= 15 is 0 Å². The number of hydrogen-bond acceptors (Lipinski definition) is 7. The third-order valence-corrected chi connectivity index (χ3v) is 3.86. The topological polar surface area (TPSA) is 117 Å². The van der Waals surface area contributed by atoms with Crippen LogP contribution in [-0.2, 0) is 11.3 Å². The Hall–Kier alpha value is -2.91. The van der Waals surface area contributed by atoms with Gasteiger partial charge in [0.2, 0.25) is 0 Å². The molecule has 1 amide bonds. The zero-order valence-electron chi connectivity index (χ0n) is 14.8. The molecule has 0 fully saturated rings. The molecule has 3 N–H and O–H groups in total. The van der Waals surface area contributed by atoms with Crippen molar-refractivity contribution in [3.63, 3.8) is 0 Å². The lowest BCUT2D eigenvalue weighted by Crippen LogP contribution is -2.35. The highest BCUT2D eigenvalue weighted by atomic mass is 35.5. The van der Waals surface area contributed by atoms with E-state index in [2.05, 4.69) is 26.6 Å². The lowest BCUT2D eigenvalue weighted by atomic mass is 10.2. The Morgan fingerprint density at radius 3 is 3.00 bits per heavy atom. The van der Waals surface area contributed by atoms with Gasteiger partial charge in [0.1, 0.15) is 10.7 Å². The molecule has 0 saturated heterocycles. The number of nitrogen functional groups attached to an aromatic ring is 1. The Kier molecular flexibility index (Phi) is 5.72. The molecule has 0 aliphatic rings. The summed E-state index contributed by atoms with van der Waals surface area (Å²) in [6, 6.07) is 4.72. The summed E-state index contributed by atoms with van der Waals surface area (Å²) < 4.78 is 12.0. The van der Waals surface area contributed by atoms with Gasteiger partial charge in [-0.25, -0.2) is 14.5 Å². The molecule has 3 heterocycles. The van der Waals surface area contributed by atoms with Crippen molar-refractivity contribution in [1.82, 2.24) is 24.9 Å². The van der Waals surface area contributed by atoms with E-state index in [1.807, 2.05) is 6.92 Å². The number of pyridine rings is 1. The second-order valence-electron chi connectivity index (χ2n) is 5.78. The van der Waals surface area contributed by atoms with Crippen molar-refractivity contribution in [1.29, 1.82) is 0 Å². The smallest absolute Gasteiger partial charge is 0.257 e. The number of fused-ring (bicyclic) bond motifs is 1. The van der Waals surface area contributed by atoms with Crippen molar-refractivity contribution in [3.05, 3.63) is 47.0 Å². The molecule has 3 rings (SSSR count). The number of methoxy groups -OCH3 is 1. The van der Waals surface area contributed by atoms with Crippen LogP contribution in [0.1, 0.15) is 23.0 Å². The standard InChI is InChI=1S/C17H18ClN6O3/c1-10(8-27-9-11-3-4-13(26-2)15(19)22-11)21-17(25)12-7-20-24-6-5-14(18)23-16(12)24/h3-5,7,10H,8-9H2,1-2H3,(H2,19,22)(H,21,25)/t10-/m1/s1. The molecular formula is C17H18ClN6O3. The summed E-state index contributed by atoms with van der Waals surface area (Å²) in [6.07, 6.45) is 4.21. The number of aromatic nitrogens is 4. The number of amides is 1. The average molecular weight is 390 g/mol. The molecule has 3 aromatic rings. The first-order valence-corrected chi connectivity index (χ1v) is 8.45. The maximum Gasteiger partial charge on any atom is 0.257 e. The molecule has 0 aromatic carbocycles. The van der Waals surface area contributed by atoms with Crippen LogP contribution in [0.15, 0.2) is 24.4 Å². The average Bonchev–Trinajstić information content (AvgIpc) is 3.05. The van der Waals surface area contributed by atoms with Gasteiger partial charge in [-0.1, -0.05) is 11.6 Å². The van der Waals surface area contributed by atoms with E-state index in [1.165, 1.54) is 23.9 Å². The van der Waals surface area contributed by atoms with Crippen LogP contribution in [0.3, 0.4) is 0 Å². The van der Waals surface area contributed by atoms with Crippen LogP contribution in [0.25, 0.3) is 5.65 Å². The molecule has 10 heteroatoms. The minimum Gasteiger partial charge on any atom is -0.493 e. The fourth-order valence-corrected chi connectivity index (χ4v) is 2.52. The van der Waals surface area contributed by atoms with Crippen molar-refractivity contribution in [2.24, 2.45) is 0 Å². The molecular weight excluding hydrogens is 372 g/mol. The first-order chi connectivity index (χ1) is 13.0. The van der Waals surface area contributed by atoms with Gasteiger partial charge in [-0.15, -0.1) is 0 Å². The molecule has 141 valence electrons. The van der Waals surface area contributed by atoms with Gasteiger partial charge in [-0.2, -0.15) is 5.10 Å². The van der Waals surface area contributed by atoms with Crippen molar-refractivity contribution >= 4 is 29.0 Å². The SMILES string of the molecule is COc1ccc(COC[C@@H](C)NC(=O)c2cnn3[c]cc(Cl)nc23)nc1N. The van der Waals surface area contributed by atoms with Crippen LogP contribution in [0.2, 0.25) is 5.15 Å². The number of nitrogens with two attached hydrogens (primary N) is 1. The summed E-state index contributed by atoms with van der Waals surface area (Å²) in [6.45, 7) is 2.38. The van der Waals surface area contributed by atoms with Crippen molar-refractivity contribution in [2.45, 2.75) is 19.6 Å². The van der Waals surface area contributed by atoms with Crippen molar-refractivity contribution in [2.75, 3.05) is 19.5 Å². The predicted octanol–water partition coefficient (Wildman–Crippen LogP) is 1.50. The number of carbonyl (C=O) groups is 1. The summed E-state index contributed by atoms with van der Waals surface area (Å²) in [5, 5.41) is 7.10. The van der Waals surface area contributed by atoms with E-state index in [4.69, 9.17) is 26.8 Å². The maximum absolute atomic E-state index is 12.4. The Morgan fingerprint density at radius 1 is 1.44 bits per heavy atom. The molecule has 0 bridgehead atoms. The van der Waals surface area contributed by atoms with Gasteiger partial charge in [-0.3, -0.25) is 4.79 Å². The van der Waals surface area contributed by atoms with Gasteiger partial charge in [0.25, 0.3) is 5.91 Å². The number of carbonyl (C=O) groups excluding carboxylic acids is 1. The highest BCUT2D eigenvalue weighted by Crippen LogP contribution is 2.18. The van der Waals surface area contributed by atoms with Crippen molar-refractivity contribution < 1.29 is 14.3 Å². The number of halogens is 1.